The Kier molecular flexibility index (Phi) is 6.19. The van der Waals surface area contributed by atoms with Gasteiger partial charge in [-0.3, -0.25) is 4.79 Å². The van der Waals surface area contributed by atoms with Gasteiger partial charge in [0.1, 0.15) is 17.7 Å². The molecule has 1 heterocycles. The molecule has 0 radical (unpaired) electrons. The predicted octanol–water partition coefficient (Wildman–Crippen LogP) is 3.79. The molecule has 2 aromatic carbocycles. The molecule has 0 aliphatic rings. The van der Waals surface area contributed by atoms with Gasteiger partial charge in [-0.25, -0.2) is 14.8 Å². The third-order valence-electron chi connectivity index (χ3n) is 4.32. The maximum atomic E-state index is 12.4. The van der Waals surface area contributed by atoms with E-state index in [-0.39, 0.29) is 0 Å². The number of carbonyl (C=O) groups excluding carboxylic acids is 1. The number of aryl methyl sites for hydroxylation is 1. The van der Waals surface area contributed by atoms with Crippen LogP contribution in [0.5, 0.6) is 0 Å². The fraction of sp³-hybridized carbons (Fsp3) is 0.182. The van der Waals surface area contributed by atoms with Crippen molar-refractivity contribution >= 4 is 23.4 Å². The van der Waals surface area contributed by atoms with Crippen LogP contribution in [0.1, 0.15) is 29.5 Å². The Balaban J connectivity index is 1.81. The smallest absolute Gasteiger partial charge is 0.326 e. The molecule has 1 atom stereocenters. The number of carboxylic acid groups (broad SMARTS) is 1. The number of nitrogens with zero attached hydrogens (tertiary/aromatic N) is 2. The van der Waals surface area contributed by atoms with Crippen LogP contribution in [0.3, 0.4) is 0 Å². The first-order valence-electron chi connectivity index (χ1n) is 9.28. The number of amides is 1. The molecule has 3 rings (SSSR count). The molecule has 0 aliphatic carbocycles. The Hall–Kier alpha value is -3.74. The minimum atomic E-state index is -1.06. The maximum absolute atomic E-state index is 12.4. The number of aliphatic carboxylic acids is 1. The van der Waals surface area contributed by atoms with E-state index in [1.54, 1.807) is 25.1 Å². The summed E-state index contributed by atoms with van der Waals surface area (Å²) in [7, 11) is 0. The van der Waals surface area contributed by atoms with Gasteiger partial charge in [-0.2, -0.15) is 0 Å². The average Bonchev–Trinajstić information content (AvgIpc) is 2.72. The first-order chi connectivity index (χ1) is 14.0. The highest BCUT2D eigenvalue weighted by Gasteiger charge is 2.18. The number of benzene rings is 2. The second kappa shape index (κ2) is 8.97. The standard InChI is InChI=1S/C22H22N4O3/c1-3-18(22(28)29)26-21(27)16-10-7-11-17(12-16)25-20-13-19(23-14(2)24-20)15-8-5-4-6-9-15/h4-13,18H,3H2,1-2H3,(H,26,27)(H,28,29)(H,23,24,25). The molecule has 0 saturated carbocycles. The van der Waals surface area contributed by atoms with Gasteiger partial charge in [-0.05, 0) is 31.5 Å². The van der Waals surface area contributed by atoms with E-state index >= 15 is 0 Å². The van der Waals surface area contributed by atoms with Crippen LogP contribution >= 0.6 is 0 Å². The van der Waals surface area contributed by atoms with Gasteiger partial charge in [0.25, 0.3) is 5.91 Å². The summed E-state index contributed by atoms with van der Waals surface area (Å²) in [6, 6.07) is 17.5. The second-order valence-electron chi connectivity index (χ2n) is 6.53. The molecular formula is C22H22N4O3. The molecule has 0 fully saturated rings. The lowest BCUT2D eigenvalue weighted by Gasteiger charge is -2.13. The van der Waals surface area contributed by atoms with E-state index in [2.05, 4.69) is 20.6 Å². The van der Waals surface area contributed by atoms with Crippen molar-refractivity contribution < 1.29 is 14.7 Å². The van der Waals surface area contributed by atoms with Gasteiger partial charge in [0.2, 0.25) is 0 Å². The summed E-state index contributed by atoms with van der Waals surface area (Å²) in [6.45, 7) is 3.52. The van der Waals surface area contributed by atoms with E-state index in [0.717, 1.165) is 11.3 Å². The molecule has 1 amide bonds. The first-order valence-corrected chi connectivity index (χ1v) is 9.28. The van der Waals surface area contributed by atoms with Gasteiger partial charge in [-0.15, -0.1) is 0 Å². The van der Waals surface area contributed by atoms with Crippen LogP contribution in [0.15, 0.2) is 60.7 Å². The van der Waals surface area contributed by atoms with Crippen molar-refractivity contribution in [3.8, 4) is 11.3 Å². The van der Waals surface area contributed by atoms with Crippen LogP contribution in [-0.4, -0.2) is 33.0 Å². The Morgan fingerprint density at radius 2 is 1.79 bits per heavy atom. The summed E-state index contributed by atoms with van der Waals surface area (Å²) >= 11 is 0. The Bertz CT molecular complexity index is 1020. The van der Waals surface area contributed by atoms with E-state index in [1.165, 1.54) is 0 Å². The summed E-state index contributed by atoms with van der Waals surface area (Å²) in [5, 5.41) is 14.8. The lowest BCUT2D eigenvalue weighted by molar-refractivity contribution is -0.139. The molecule has 0 aliphatic heterocycles. The average molecular weight is 390 g/mol. The van der Waals surface area contributed by atoms with Crippen molar-refractivity contribution in [3.63, 3.8) is 0 Å². The number of hydrogen-bond acceptors (Lipinski definition) is 5. The highest BCUT2D eigenvalue weighted by molar-refractivity contribution is 5.97. The minimum Gasteiger partial charge on any atom is -0.480 e. The largest absolute Gasteiger partial charge is 0.480 e. The van der Waals surface area contributed by atoms with E-state index in [0.29, 0.717) is 29.3 Å². The Morgan fingerprint density at radius 1 is 1.03 bits per heavy atom. The van der Waals surface area contributed by atoms with Crippen molar-refractivity contribution in [1.82, 2.24) is 15.3 Å². The fourth-order valence-corrected chi connectivity index (χ4v) is 2.85. The number of anilines is 2. The van der Waals surface area contributed by atoms with Gasteiger partial charge < -0.3 is 15.7 Å². The number of nitrogens with one attached hydrogen (secondary N) is 2. The third kappa shape index (κ3) is 5.16. The predicted molar refractivity (Wildman–Crippen MR) is 111 cm³/mol. The quantitative estimate of drug-likeness (QED) is 0.567. The highest BCUT2D eigenvalue weighted by Crippen LogP contribution is 2.22. The summed E-state index contributed by atoms with van der Waals surface area (Å²) in [6.07, 6.45) is 0.307. The van der Waals surface area contributed by atoms with Crippen molar-refractivity contribution in [3.05, 3.63) is 72.1 Å². The number of hydrogen-bond donors (Lipinski definition) is 3. The van der Waals surface area contributed by atoms with Crippen LogP contribution in [-0.2, 0) is 4.79 Å². The van der Waals surface area contributed by atoms with Crippen LogP contribution < -0.4 is 10.6 Å². The number of carbonyl (C=O) groups is 2. The van der Waals surface area contributed by atoms with Crippen molar-refractivity contribution in [1.29, 1.82) is 0 Å². The summed E-state index contributed by atoms with van der Waals surface area (Å²) in [4.78, 5) is 32.4. The second-order valence-corrected chi connectivity index (χ2v) is 6.53. The molecule has 1 aromatic heterocycles. The zero-order valence-electron chi connectivity index (χ0n) is 16.2. The molecule has 0 saturated heterocycles. The van der Waals surface area contributed by atoms with Crippen LogP contribution in [0.2, 0.25) is 0 Å². The third-order valence-corrected chi connectivity index (χ3v) is 4.32. The first kappa shape index (κ1) is 20.0. The SMILES string of the molecule is CCC(NC(=O)c1cccc(Nc2cc(-c3ccccc3)nc(C)n2)c1)C(=O)O. The van der Waals surface area contributed by atoms with Crippen LogP contribution in [0.25, 0.3) is 11.3 Å². The fourth-order valence-electron chi connectivity index (χ4n) is 2.85. The number of aromatic nitrogens is 2. The summed E-state index contributed by atoms with van der Waals surface area (Å²) in [5.74, 6) is -0.271. The molecule has 0 bridgehead atoms. The zero-order valence-corrected chi connectivity index (χ0v) is 16.2. The summed E-state index contributed by atoms with van der Waals surface area (Å²) < 4.78 is 0. The maximum Gasteiger partial charge on any atom is 0.326 e. The van der Waals surface area contributed by atoms with Gasteiger partial charge in [-0.1, -0.05) is 43.3 Å². The molecule has 7 heteroatoms. The molecule has 29 heavy (non-hydrogen) atoms. The monoisotopic (exact) mass is 390 g/mol. The van der Waals surface area contributed by atoms with Crippen molar-refractivity contribution in [2.45, 2.75) is 26.3 Å². The van der Waals surface area contributed by atoms with E-state index < -0.39 is 17.9 Å². The number of carboxylic acids is 1. The number of rotatable bonds is 7. The van der Waals surface area contributed by atoms with E-state index in [1.807, 2.05) is 49.4 Å². The molecule has 0 spiro atoms. The van der Waals surface area contributed by atoms with Gasteiger partial charge in [0.05, 0.1) is 5.69 Å². The highest BCUT2D eigenvalue weighted by atomic mass is 16.4. The summed E-state index contributed by atoms with van der Waals surface area (Å²) in [5.41, 5.74) is 2.80. The van der Waals surface area contributed by atoms with E-state index in [9.17, 15) is 9.59 Å². The zero-order chi connectivity index (χ0) is 20.8. The molecular weight excluding hydrogens is 368 g/mol. The van der Waals surface area contributed by atoms with E-state index in [4.69, 9.17) is 5.11 Å². The Morgan fingerprint density at radius 3 is 2.48 bits per heavy atom. The molecule has 1 unspecified atom stereocenters. The molecule has 7 nitrogen and oxygen atoms in total. The van der Waals surface area contributed by atoms with Crippen molar-refractivity contribution in [2.75, 3.05) is 5.32 Å². The normalized spacial score (nSPS) is 11.5. The topological polar surface area (TPSA) is 104 Å². The van der Waals surface area contributed by atoms with Gasteiger partial charge in [0.15, 0.2) is 0 Å². The van der Waals surface area contributed by atoms with Crippen molar-refractivity contribution in [2.24, 2.45) is 0 Å². The lowest BCUT2D eigenvalue weighted by atomic mass is 10.1. The van der Waals surface area contributed by atoms with Crippen LogP contribution in [0.4, 0.5) is 11.5 Å². The molecule has 3 aromatic rings. The lowest BCUT2D eigenvalue weighted by Crippen LogP contribution is -2.40. The molecule has 148 valence electrons. The molecule has 3 N–H and O–H groups in total. The minimum absolute atomic E-state index is 0.307. The van der Waals surface area contributed by atoms with Crippen LogP contribution in [0, 0.1) is 6.92 Å². The Labute approximate surface area is 168 Å². The van der Waals surface area contributed by atoms with Gasteiger partial charge in [0, 0.05) is 22.9 Å². The van der Waals surface area contributed by atoms with Gasteiger partial charge >= 0.3 is 5.97 Å².